The standard InChI is InChI=1S/C15H23N3O6/c19-12-16-4-1-7-22-10-15(24-9-3-6-18-14-21)11-23-8-2-5-17-13-20/h15H,1-11H2. The van der Waals surface area contributed by atoms with Crippen LogP contribution in [-0.2, 0) is 28.6 Å². The summed E-state index contributed by atoms with van der Waals surface area (Å²) in [6.07, 6.45) is 6.01. The van der Waals surface area contributed by atoms with E-state index in [1.165, 1.54) is 18.2 Å². The van der Waals surface area contributed by atoms with Gasteiger partial charge in [0, 0.05) is 19.8 Å². The molecule has 24 heavy (non-hydrogen) atoms. The summed E-state index contributed by atoms with van der Waals surface area (Å²) < 4.78 is 16.6. The lowest BCUT2D eigenvalue weighted by atomic mass is 10.3. The Balaban J connectivity index is 3.91. The second-order valence-electron chi connectivity index (χ2n) is 4.62. The fraction of sp³-hybridized carbons (Fsp3) is 0.800. The van der Waals surface area contributed by atoms with E-state index in [-0.39, 0.29) is 6.10 Å². The Kier molecular flexibility index (Phi) is 17.5. The normalized spacial score (nSPS) is 11.0. The first-order valence-corrected chi connectivity index (χ1v) is 7.73. The Bertz CT molecular complexity index is 412. The van der Waals surface area contributed by atoms with Gasteiger partial charge in [0.25, 0.3) is 0 Å². The monoisotopic (exact) mass is 341 g/mol. The summed E-state index contributed by atoms with van der Waals surface area (Å²) in [5, 5.41) is 0. The third kappa shape index (κ3) is 16.4. The maximum Gasteiger partial charge on any atom is 0.234 e. The molecular formula is C15H23N3O6. The molecule has 9 heteroatoms. The van der Waals surface area contributed by atoms with Gasteiger partial charge < -0.3 is 14.2 Å². The van der Waals surface area contributed by atoms with Crippen LogP contribution in [0.3, 0.4) is 0 Å². The fourth-order valence-corrected chi connectivity index (χ4v) is 1.60. The minimum Gasteiger partial charge on any atom is -0.379 e. The number of rotatable bonds is 17. The van der Waals surface area contributed by atoms with Crippen molar-refractivity contribution in [3.63, 3.8) is 0 Å². The second kappa shape index (κ2) is 19.1. The highest BCUT2D eigenvalue weighted by Crippen LogP contribution is 1.99. The zero-order valence-corrected chi connectivity index (χ0v) is 13.6. The molecular weight excluding hydrogens is 318 g/mol. The summed E-state index contributed by atoms with van der Waals surface area (Å²) in [6.45, 7) is 3.14. The van der Waals surface area contributed by atoms with Crippen molar-refractivity contribution in [2.75, 3.05) is 52.7 Å². The van der Waals surface area contributed by atoms with Crippen LogP contribution in [0.15, 0.2) is 15.0 Å². The number of carbonyl (C=O) groups excluding carboxylic acids is 3. The van der Waals surface area contributed by atoms with Crippen LogP contribution in [-0.4, -0.2) is 77.0 Å². The maximum absolute atomic E-state index is 9.96. The first-order valence-electron chi connectivity index (χ1n) is 7.73. The molecule has 0 aliphatic carbocycles. The van der Waals surface area contributed by atoms with Gasteiger partial charge in [-0.15, -0.1) is 0 Å². The van der Waals surface area contributed by atoms with Crippen molar-refractivity contribution >= 4 is 18.2 Å². The average Bonchev–Trinajstić information content (AvgIpc) is 2.60. The van der Waals surface area contributed by atoms with Crippen molar-refractivity contribution in [1.82, 2.24) is 0 Å². The molecule has 0 amide bonds. The third-order valence-electron chi connectivity index (χ3n) is 2.69. The second-order valence-corrected chi connectivity index (χ2v) is 4.62. The Morgan fingerprint density at radius 3 is 1.50 bits per heavy atom. The van der Waals surface area contributed by atoms with E-state index in [1.807, 2.05) is 0 Å². The molecule has 0 aromatic carbocycles. The highest BCUT2D eigenvalue weighted by molar-refractivity contribution is 5.33. The van der Waals surface area contributed by atoms with E-state index in [0.717, 1.165) is 0 Å². The number of isocyanates is 3. The van der Waals surface area contributed by atoms with E-state index in [1.54, 1.807) is 0 Å². The maximum atomic E-state index is 9.96. The molecule has 0 saturated heterocycles. The van der Waals surface area contributed by atoms with Crippen LogP contribution in [0, 0.1) is 0 Å². The van der Waals surface area contributed by atoms with Crippen molar-refractivity contribution in [2.45, 2.75) is 25.4 Å². The Morgan fingerprint density at radius 2 is 1.08 bits per heavy atom. The molecule has 134 valence electrons. The van der Waals surface area contributed by atoms with E-state index in [0.29, 0.717) is 71.9 Å². The van der Waals surface area contributed by atoms with Gasteiger partial charge in [-0.3, -0.25) is 0 Å². The Hall–Kier alpha value is -1.98. The molecule has 0 N–H and O–H groups in total. The molecule has 0 rings (SSSR count). The lowest BCUT2D eigenvalue weighted by molar-refractivity contribution is -0.0601. The molecule has 0 aromatic heterocycles. The van der Waals surface area contributed by atoms with Gasteiger partial charge in [0.2, 0.25) is 18.2 Å². The van der Waals surface area contributed by atoms with Crippen LogP contribution in [0.2, 0.25) is 0 Å². The lowest BCUT2D eigenvalue weighted by Crippen LogP contribution is -2.27. The van der Waals surface area contributed by atoms with Gasteiger partial charge in [0.15, 0.2) is 0 Å². The first kappa shape index (κ1) is 22.0. The van der Waals surface area contributed by atoms with E-state index < -0.39 is 0 Å². The summed E-state index contributed by atoms with van der Waals surface area (Å²) in [6, 6.07) is 0. The van der Waals surface area contributed by atoms with Crippen molar-refractivity contribution in [2.24, 2.45) is 15.0 Å². The lowest BCUT2D eigenvalue weighted by Gasteiger charge is -2.18. The van der Waals surface area contributed by atoms with Gasteiger partial charge in [0.1, 0.15) is 6.10 Å². The van der Waals surface area contributed by atoms with Gasteiger partial charge in [-0.2, -0.15) is 0 Å². The zero-order valence-electron chi connectivity index (χ0n) is 13.6. The van der Waals surface area contributed by atoms with Crippen LogP contribution in [0.5, 0.6) is 0 Å². The molecule has 0 aliphatic rings. The minimum atomic E-state index is -0.255. The van der Waals surface area contributed by atoms with Crippen LogP contribution >= 0.6 is 0 Å². The smallest absolute Gasteiger partial charge is 0.234 e. The SMILES string of the molecule is O=C=NCCCOCC(COCCCN=C=O)OCCCN=C=O. The first-order chi connectivity index (χ1) is 11.8. The number of ether oxygens (including phenoxy) is 3. The van der Waals surface area contributed by atoms with Gasteiger partial charge in [-0.05, 0) is 19.3 Å². The number of nitrogens with zero attached hydrogens (tertiary/aromatic N) is 3. The fourth-order valence-electron chi connectivity index (χ4n) is 1.60. The van der Waals surface area contributed by atoms with Crippen molar-refractivity contribution in [1.29, 1.82) is 0 Å². The van der Waals surface area contributed by atoms with Crippen LogP contribution in [0.4, 0.5) is 0 Å². The summed E-state index contributed by atoms with van der Waals surface area (Å²) in [4.78, 5) is 40.1. The molecule has 0 aliphatic heterocycles. The third-order valence-corrected chi connectivity index (χ3v) is 2.69. The number of hydrogen-bond donors (Lipinski definition) is 0. The number of aliphatic imine (C=N–C) groups is 3. The molecule has 9 nitrogen and oxygen atoms in total. The van der Waals surface area contributed by atoms with E-state index in [2.05, 4.69) is 15.0 Å². The molecule has 0 unspecified atom stereocenters. The molecule has 0 heterocycles. The minimum absolute atomic E-state index is 0.255. The van der Waals surface area contributed by atoms with Crippen LogP contribution in [0.25, 0.3) is 0 Å². The highest BCUT2D eigenvalue weighted by atomic mass is 16.6. The largest absolute Gasteiger partial charge is 0.379 e. The van der Waals surface area contributed by atoms with E-state index >= 15 is 0 Å². The molecule has 0 bridgehead atoms. The van der Waals surface area contributed by atoms with Gasteiger partial charge in [-0.25, -0.2) is 29.4 Å². The molecule has 0 radical (unpaired) electrons. The summed E-state index contributed by atoms with van der Waals surface area (Å²) >= 11 is 0. The molecule has 0 saturated carbocycles. The van der Waals surface area contributed by atoms with Crippen molar-refractivity contribution in [3.8, 4) is 0 Å². The molecule has 0 fully saturated rings. The van der Waals surface area contributed by atoms with Crippen LogP contribution in [0.1, 0.15) is 19.3 Å². The Morgan fingerprint density at radius 1 is 0.667 bits per heavy atom. The molecule has 0 aromatic rings. The van der Waals surface area contributed by atoms with Gasteiger partial charge in [0.05, 0.1) is 32.8 Å². The van der Waals surface area contributed by atoms with Gasteiger partial charge >= 0.3 is 0 Å². The quantitative estimate of drug-likeness (QED) is 0.217. The average molecular weight is 341 g/mol. The zero-order chi connectivity index (χ0) is 17.7. The summed E-state index contributed by atoms with van der Waals surface area (Å²) in [7, 11) is 0. The summed E-state index contributed by atoms with van der Waals surface area (Å²) in [5.41, 5.74) is 0. The summed E-state index contributed by atoms with van der Waals surface area (Å²) in [5.74, 6) is 0. The van der Waals surface area contributed by atoms with Crippen LogP contribution < -0.4 is 0 Å². The predicted molar refractivity (Wildman–Crippen MR) is 84.2 cm³/mol. The topological polar surface area (TPSA) is 116 Å². The van der Waals surface area contributed by atoms with Gasteiger partial charge in [-0.1, -0.05) is 0 Å². The van der Waals surface area contributed by atoms with E-state index in [9.17, 15) is 14.4 Å². The highest BCUT2D eigenvalue weighted by Gasteiger charge is 2.10. The molecule has 0 spiro atoms. The van der Waals surface area contributed by atoms with Crippen molar-refractivity contribution < 1.29 is 28.6 Å². The van der Waals surface area contributed by atoms with E-state index in [4.69, 9.17) is 14.2 Å². The number of hydrogen-bond acceptors (Lipinski definition) is 9. The Labute approximate surface area is 140 Å². The van der Waals surface area contributed by atoms with Crippen molar-refractivity contribution in [3.05, 3.63) is 0 Å². The molecule has 0 atom stereocenters. The predicted octanol–water partition coefficient (Wildman–Crippen LogP) is 0.583.